The smallest absolute Gasteiger partial charge is 0.410 e. The third-order valence-electron chi connectivity index (χ3n) is 5.15. The number of hydrogen-bond donors (Lipinski definition) is 4. The van der Waals surface area contributed by atoms with Crippen LogP contribution < -0.4 is 21.7 Å². The summed E-state index contributed by atoms with van der Waals surface area (Å²) in [6.07, 6.45) is 3.37. The number of likely N-dealkylation sites (tertiary alicyclic amines) is 1. The van der Waals surface area contributed by atoms with Crippen LogP contribution in [0.2, 0.25) is 10.0 Å². The molecule has 29 heavy (non-hydrogen) atoms. The molecule has 2 aliphatic rings. The van der Waals surface area contributed by atoms with Gasteiger partial charge in [0, 0.05) is 53.7 Å². The predicted molar refractivity (Wildman–Crippen MR) is 111 cm³/mol. The first-order valence-electron chi connectivity index (χ1n) is 9.89. The van der Waals surface area contributed by atoms with Crippen LogP contribution in [0.15, 0.2) is 18.2 Å². The highest BCUT2D eigenvalue weighted by Gasteiger charge is 2.25. The molecular formula is C19H27Cl2N5O3. The number of hydrazine groups is 2. The summed E-state index contributed by atoms with van der Waals surface area (Å²) in [4.78, 5) is 26.1. The molecule has 2 fully saturated rings. The van der Waals surface area contributed by atoms with E-state index in [1.165, 1.54) is 0 Å². The first-order chi connectivity index (χ1) is 14.0. The summed E-state index contributed by atoms with van der Waals surface area (Å²) < 4.78 is 5.36. The highest BCUT2D eigenvalue weighted by molar-refractivity contribution is 6.35. The third kappa shape index (κ3) is 7.01. The Labute approximate surface area is 180 Å². The van der Waals surface area contributed by atoms with Gasteiger partial charge in [-0.1, -0.05) is 29.3 Å². The van der Waals surface area contributed by atoms with Crippen molar-refractivity contribution in [3.8, 4) is 0 Å². The Morgan fingerprint density at radius 3 is 2.72 bits per heavy atom. The summed E-state index contributed by atoms with van der Waals surface area (Å²) in [6.45, 7) is 2.08. The molecule has 1 atom stereocenters. The Kier molecular flexibility index (Phi) is 8.38. The molecule has 0 saturated carbocycles. The van der Waals surface area contributed by atoms with Gasteiger partial charge in [0.05, 0.1) is 0 Å². The second kappa shape index (κ2) is 11.0. The molecule has 2 heterocycles. The molecule has 1 aromatic carbocycles. The van der Waals surface area contributed by atoms with Crippen LogP contribution in [-0.4, -0.2) is 48.6 Å². The minimum Gasteiger partial charge on any atom is -0.444 e. The molecule has 8 nitrogen and oxygen atoms in total. The maximum absolute atomic E-state index is 12.3. The second-order valence-corrected chi connectivity index (χ2v) is 8.20. The van der Waals surface area contributed by atoms with Gasteiger partial charge in [-0.2, -0.15) is 5.53 Å². The zero-order valence-electron chi connectivity index (χ0n) is 16.2. The molecule has 160 valence electrons. The van der Waals surface area contributed by atoms with Crippen LogP contribution in [0, 0.1) is 0 Å². The predicted octanol–water partition coefficient (Wildman–Crippen LogP) is 2.36. The maximum Gasteiger partial charge on any atom is 0.410 e. The summed E-state index contributed by atoms with van der Waals surface area (Å²) >= 11 is 12.0. The van der Waals surface area contributed by atoms with Gasteiger partial charge in [0.1, 0.15) is 6.61 Å². The molecule has 2 aliphatic heterocycles. The first-order valence-corrected chi connectivity index (χ1v) is 10.7. The van der Waals surface area contributed by atoms with E-state index in [1.807, 2.05) is 0 Å². The van der Waals surface area contributed by atoms with Gasteiger partial charge in [0.2, 0.25) is 5.91 Å². The number of rotatable bonds is 7. The van der Waals surface area contributed by atoms with Gasteiger partial charge in [-0.25, -0.2) is 15.6 Å². The summed E-state index contributed by atoms with van der Waals surface area (Å²) in [6, 6.07) is 5.54. The van der Waals surface area contributed by atoms with E-state index in [-0.39, 0.29) is 24.6 Å². The lowest BCUT2D eigenvalue weighted by atomic mass is 10.0. The molecular weight excluding hydrogens is 417 g/mol. The van der Waals surface area contributed by atoms with Crippen molar-refractivity contribution in [1.29, 1.82) is 0 Å². The van der Waals surface area contributed by atoms with Gasteiger partial charge in [-0.05, 0) is 37.8 Å². The normalized spacial score (nSPS) is 19.9. The Balaban J connectivity index is 1.31. The Morgan fingerprint density at radius 1 is 1.24 bits per heavy atom. The maximum atomic E-state index is 12.3. The zero-order valence-corrected chi connectivity index (χ0v) is 17.7. The SMILES string of the molecule is O=C(CCCC1CNNN1)NC1CCN(C(=O)OCc2ccc(Cl)cc2Cl)CC1. The number of piperidine rings is 1. The fourth-order valence-corrected chi connectivity index (χ4v) is 3.90. The van der Waals surface area contributed by atoms with Crippen molar-refractivity contribution >= 4 is 35.2 Å². The molecule has 2 saturated heterocycles. The van der Waals surface area contributed by atoms with Crippen LogP contribution in [0.3, 0.4) is 0 Å². The molecule has 2 amide bonds. The average Bonchev–Trinajstić information content (AvgIpc) is 3.21. The van der Waals surface area contributed by atoms with Crippen LogP contribution >= 0.6 is 23.2 Å². The summed E-state index contributed by atoms with van der Waals surface area (Å²) in [5.74, 6) is 0.0716. The van der Waals surface area contributed by atoms with Gasteiger partial charge in [-0.15, -0.1) is 0 Å². The summed E-state index contributed by atoms with van der Waals surface area (Å²) in [7, 11) is 0. The lowest BCUT2D eigenvalue weighted by Gasteiger charge is -2.31. The molecule has 3 rings (SSSR count). The molecule has 1 aromatic rings. The van der Waals surface area contributed by atoms with E-state index in [2.05, 4.69) is 21.7 Å². The van der Waals surface area contributed by atoms with Crippen molar-refractivity contribution in [1.82, 2.24) is 26.6 Å². The Hall–Kier alpha value is -1.58. The molecule has 0 aliphatic carbocycles. The Bertz CT molecular complexity index is 707. The lowest BCUT2D eigenvalue weighted by Crippen LogP contribution is -2.46. The number of ether oxygens (including phenoxy) is 1. The topological polar surface area (TPSA) is 94.7 Å². The van der Waals surface area contributed by atoms with E-state index in [9.17, 15) is 9.59 Å². The number of halogens is 2. The van der Waals surface area contributed by atoms with E-state index >= 15 is 0 Å². The Morgan fingerprint density at radius 2 is 2.03 bits per heavy atom. The van der Waals surface area contributed by atoms with Gasteiger partial charge >= 0.3 is 6.09 Å². The van der Waals surface area contributed by atoms with Crippen molar-refractivity contribution in [2.45, 2.75) is 50.8 Å². The third-order valence-corrected chi connectivity index (χ3v) is 5.74. The quantitative estimate of drug-likeness (QED) is 0.516. The number of nitrogens with zero attached hydrogens (tertiary/aromatic N) is 1. The molecule has 0 spiro atoms. The molecule has 1 unspecified atom stereocenters. The number of benzene rings is 1. The van der Waals surface area contributed by atoms with E-state index in [1.54, 1.807) is 23.1 Å². The molecule has 4 N–H and O–H groups in total. The second-order valence-electron chi connectivity index (χ2n) is 7.36. The molecule has 0 bridgehead atoms. The lowest BCUT2D eigenvalue weighted by molar-refractivity contribution is -0.122. The van der Waals surface area contributed by atoms with Crippen LogP contribution in [0.1, 0.15) is 37.7 Å². The fraction of sp³-hybridized carbons (Fsp3) is 0.579. The molecule has 0 radical (unpaired) electrons. The van der Waals surface area contributed by atoms with E-state index < -0.39 is 0 Å². The standard InChI is InChI=1S/C19H27Cl2N5O3/c20-14-5-4-13(17(21)10-14)12-29-19(28)26-8-6-15(7-9-26)23-18(27)3-1-2-16-11-22-25-24-16/h4-5,10,15-16,22,24-25H,1-3,6-9,11-12H2,(H,23,27). The largest absolute Gasteiger partial charge is 0.444 e. The van der Waals surface area contributed by atoms with Gasteiger partial charge < -0.3 is 15.0 Å². The van der Waals surface area contributed by atoms with Crippen LogP contribution in [0.4, 0.5) is 4.79 Å². The minimum atomic E-state index is -0.368. The van der Waals surface area contributed by atoms with Crippen molar-refractivity contribution < 1.29 is 14.3 Å². The van der Waals surface area contributed by atoms with Crippen LogP contribution in [-0.2, 0) is 16.1 Å². The minimum absolute atomic E-state index is 0.0716. The monoisotopic (exact) mass is 443 g/mol. The van der Waals surface area contributed by atoms with Gasteiger partial charge in [0.15, 0.2) is 0 Å². The van der Waals surface area contributed by atoms with Crippen LogP contribution in [0.25, 0.3) is 0 Å². The molecule has 0 aromatic heterocycles. The summed E-state index contributed by atoms with van der Waals surface area (Å²) in [5, 5.41) is 4.09. The van der Waals surface area contributed by atoms with E-state index in [0.717, 1.165) is 32.2 Å². The highest BCUT2D eigenvalue weighted by atomic mass is 35.5. The van der Waals surface area contributed by atoms with Gasteiger partial charge in [0.25, 0.3) is 0 Å². The highest BCUT2D eigenvalue weighted by Crippen LogP contribution is 2.22. The van der Waals surface area contributed by atoms with Crippen molar-refractivity contribution in [3.63, 3.8) is 0 Å². The van der Waals surface area contributed by atoms with E-state index in [0.29, 0.717) is 41.2 Å². The van der Waals surface area contributed by atoms with Crippen molar-refractivity contribution in [2.24, 2.45) is 0 Å². The van der Waals surface area contributed by atoms with E-state index in [4.69, 9.17) is 27.9 Å². The van der Waals surface area contributed by atoms with Crippen molar-refractivity contribution in [3.05, 3.63) is 33.8 Å². The fourth-order valence-electron chi connectivity index (χ4n) is 3.44. The summed E-state index contributed by atoms with van der Waals surface area (Å²) in [5.41, 5.74) is 9.67. The average molecular weight is 444 g/mol. The number of nitrogens with one attached hydrogen (secondary N) is 4. The van der Waals surface area contributed by atoms with Crippen LogP contribution in [0.5, 0.6) is 0 Å². The molecule has 10 heteroatoms. The number of hydrogen-bond acceptors (Lipinski definition) is 6. The van der Waals surface area contributed by atoms with Crippen molar-refractivity contribution in [2.75, 3.05) is 19.6 Å². The number of carbonyl (C=O) groups excluding carboxylic acids is 2. The number of amides is 2. The zero-order chi connectivity index (χ0) is 20.6. The number of carbonyl (C=O) groups is 2. The van der Waals surface area contributed by atoms with Gasteiger partial charge in [-0.3, -0.25) is 4.79 Å². The first kappa shape index (κ1) is 22.1.